The number of benzene rings is 1. The Labute approximate surface area is 154 Å². The molecule has 2 aromatic rings. The van der Waals surface area contributed by atoms with Crippen molar-refractivity contribution in [1.82, 2.24) is 4.90 Å². The average Bonchev–Trinajstić information content (AvgIpc) is 3.22. The van der Waals surface area contributed by atoms with Gasteiger partial charge < -0.3 is 9.32 Å². The summed E-state index contributed by atoms with van der Waals surface area (Å²) in [7, 11) is -3.15. The van der Waals surface area contributed by atoms with Gasteiger partial charge in [0.1, 0.15) is 5.76 Å². The van der Waals surface area contributed by atoms with E-state index in [1.54, 1.807) is 6.92 Å². The Bertz CT molecular complexity index is 950. The normalized spacial score (nSPS) is 19.2. The molecule has 27 heavy (non-hydrogen) atoms. The molecule has 1 aromatic heterocycles. The monoisotopic (exact) mass is 401 g/mol. The molecule has 1 aliphatic rings. The molecule has 1 fully saturated rings. The molecular weight excluding hydrogens is 383 g/mol. The van der Waals surface area contributed by atoms with Crippen LogP contribution in [0.3, 0.4) is 0 Å². The third-order valence-electron chi connectivity index (χ3n) is 4.54. The number of hydrogen-bond acceptors (Lipinski definition) is 4. The Balaban J connectivity index is 1.84. The van der Waals surface area contributed by atoms with Gasteiger partial charge in [0.2, 0.25) is 0 Å². The second-order valence-electron chi connectivity index (χ2n) is 6.39. The molecule has 1 unspecified atom stereocenters. The zero-order valence-corrected chi connectivity index (χ0v) is 15.3. The third kappa shape index (κ3) is 4.18. The van der Waals surface area contributed by atoms with Gasteiger partial charge in [-0.3, -0.25) is 4.79 Å². The van der Waals surface area contributed by atoms with E-state index < -0.39 is 33.5 Å². The predicted molar refractivity (Wildman–Crippen MR) is 92.9 cm³/mol. The number of rotatable bonds is 4. The fourth-order valence-corrected chi connectivity index (χ4v) is 4.92. The molecule has 1 amide bonds. The molecule has 146 valence electrons. The fourth-order valence-electron chi connectivity index (χ4n) is 3.19. The zero-order chi connectivity index (χ0) is 19.8. The summed E-state index contributed by atoms with van der Waals surface area (Å²) in [5.74, 6) is -0.422. The lowest BCUT2D eigenvalue weighted by molar-refractivity contribution is -0.137. The minimum Gasteiger partial charge on any atom is -0.451 e. The molecule has 0 N–H and O–H groups in total. The SMILES string of the molecule is CCN(C(=O)c1ccc(-c2cccc(C(F)(F)F)c2)o1)C1CCS(=O)(=O)C1. The highest BCUT2D eigenvalue weighted by Crippen LogP contribution is 2.33. The van der Waals surface area contributed by atoms with Crippen LogP contribution in [0.1, 0.15) is 29.5 Å². The number of carbonyl (C=O) groups is 1. The standard InChI is InChI=1S/C18H18F3NO4S/c1-2-22(14-8-9-27(24,25)11-14)17(23)16-7-6-15(26-16)12-4-3-5-13(10-12)18(19,20)21/h3-7,10,14H,2,8-9,11H2,1H3. The van der Waals surface area contributed by atoms with Crippen LogP contribution in [0, 0.1) is 0 Å². The van der Waals surface area contributed by atoms with Gasteiger partial charge in [-0.25, -0.2) is 8.42 Å². The lowest BCUT2D eigenvalue weighted by Crippen LogP contribution is -2.40. The summed E-state index contributed by atoms with van der Waals surface area (Å²) >= 11 is 0. The molecular formula is C18H18F3NO4S. The number of halogens is 3. The number of furan rings is 1. The smallest absolute Gasteiger partial charge is 0.416 e. The van der Waals surface area contributed by atoms with Crippen molar-refractivity contribution in [2.45, 2.75) is 25.6 Å². The molecule has 0 radical (unpaired) electrons. The Morgan fingerprint density at radius 1 is 1.26 bits per heavy atom. The van der Waals surface area contributed by atoms with Gasteiger partial charge in [0.25, 0.3) is 5.91 Å². The summed E-state index contributed by atoms with van der Waals surface area (Å²) in [5, 5.41) is 0. The van der Waals surface area contributed by atoms with Crippen LogP contribution in [0.4, 0.5) is 13.2 Å². The fraction of sp³-hybridized carbons (Fsp3) is 0.389. The van der Waals surface area contributed by atoms with Crippen LogP contribution in [0.5, 0.6) is 0 Å². The maximum Gasteiger partial charge on any atom is 0.416 e. The molecule has 3 rings (SSSR count). The number of amides is 1. The van der Waals surface area contributed by atoms with Crippen LogP contribution in [0.25, 0.3) is 11.3 Å². The highest BCUT2D eigenvalue weighted by molar-refractivity contribution is 7.91. The summed E-state index contributed by atoms with van der Waals surface area (Å²) in [6.07, 6.45) is -4.11. The molecule has 1 aliphatic heterocycles. The van der Waals surface area contributed by atoms with E-state index in [2.05, 4.69) is 0 Å². The van der Waals surface area contributed by atoms with E-state index in [1.165, 1.54) is 29.2 Å². The maximum absolute atomic E-state index is 12.9. The van der Waals surface area contributed by atoms with Gasteiger partial charge in [-0.2, -0.15) is 13.2 Å². The van der Waals surface area contributed by atoms with Crippen molar-refractivity contribution < 1.29 is 30.8 Å². The van der Waals surface area contributed by atoms with Crippen LogP contribution >= 0.6 is 0 Å². The van der Waals surface area contributed by atoms with Crippen molar-refractivity contribution in [3.8, 4) is 11.3 Å². The third-order valence-corrected chi connectivity index (χ3v) is 6.29. The van der Waals surface area contributed by atoms with Crippen LogP contribution in [-0.2, 0) is 16.0 Å². The van der Waals surface area contributed by atoms with Crippen LogP contribution in [0.15, 0.2) is 40.8 Å². The van der Waals surface area contributed by atoms with Gasteiger partial charge in [0.05, 0.1) is 17.1 Å². The lowest BCUT2D eigenvalue weighted by Gasteiger charge is -2.25. The van der Waals surface area contributed by atoms with E-state index in [0.29, 0.717) is 13.0 Å². The predicted octanol–water partition coefficient (Wildman–Crippen LogP) is 3.61. The van der Waals surface area contributed by atoms with Crippen molar-refractivity contribution >= 4 is 15.7 Å². The number of nitrogens with zero attached hydrogens (tertiary/aromatic N) is 1. The Hall–Kier alpha value is -2.29. The molecule has 1 atom stereocenters. The first-order valence-corrected chi connectivity index (χ1v) is 10.2. The van der Waals surface area contributed by atoms with Crippen LogP contribution in [-0.4, -0.2) is 43.3 Å². The number of carbonyl (C=O) groups excluding carboxylic acids is 1. The molecule has 9 heteroatoms. The first-order valence-electron chi connectivity index (χ1n) is 8.39. The van der Waals surface area contributed by atoms with Crippen molar-refractivity contribution in [2.24, 2.45) is 0 Å². The number of sulfone groups is 1. The summed E-state index contributed by atoms with van der Waals surface area (Å²) in [6.45, 7) is 2.04. The van der Waals surface area contributed by atoms with Gasteiger partial charge in [-0.15, -0.1) is 0 Å². The molecule has 0 saturated carbocycles. The first kappa shape index (κ1) is 19.5. The number of alkyl halides is 3. The number of hydrogen-bond donors (Lipinski definition) is 0. The highest BCUT2D eigenvalue weighted by Gasteiger charge is 2.35. The quantitative estimate of drug-likeness (QED) is 0.785. The largest absolute Gasteiger partial charge is 0.451 e. The van der Waals surface area contributed by atoms with Gasteiger partial charge in [-0.05, 0) is 37.6 Å². The van der Waals surface area contributed by atoms with Crippen molar-refractivity contribution in [3.05, 3.63) is 47.7 Å². The van der Waals surface area contributed by atoms with Gasteiger partial charge in [0.15, 0.2) is 15.6 Å². The summed E-state index contributed by atoms with van der Waals surface area (Å²) in [4.78, 5) is 14.1. The first-order chi connectivity index (χ1) is 12.6. The Kier molecular flexibility index (Phi) is 5.07. The summed E-state index contributed by atoms with van der Waals surface area (Å²) in [6, 6.07) is 7.04. The molecule has 5 nitrogen and oxygen atoms in total. The molecule has 0 bridgehead atoms. The molecule has 1 saturated heterocycles. The Morgan fingerprint density at radius 2 is 2.00 bits per heavy atom. The highest BCUT2D eigenvalue weighted by atomic mass is 32.2. The van der Waals surface area contributed by atoms with E-state index in [0.717, 1.165) is 12.1 Å². The van der Waals surface area contributed by atoms with E-state index in [4.69, 9.17) is 4.42 Å². The second-order valence-corrected chi connectivity index (χ2v) is 8.62. The van der Waals surface area contributed by atoms with Gasteiger partial charge >= 0.3 is 6.18 Å². The molecule has 2 heterocycles. The minimum atomic E-state index is -4.48. The van der Waals surface area contributed by atoms with Crippen molar-refractivity contribution in [1.29, 1.82) is 0 Å². The Morgan fingerprint density at radius 3 is 2.59 bits per heavy atom. The van der Waals surface area contributed by atoms with E-state index in [9.17, 15) is 26.4 Å². The van der Waals surface area contributed by atoms with E-state index in [-0.39, 0.29) is 28.6 Å². The molecule has 1 aromatic carbocycles. The van der Waals surface area contributed by atoms with Crippen molar-refractivity contribution in [2.75, 3.05) is 18.1 Å². The van der Waals surface area contributed by atoms with Crippen molar-refractivity contribution in [3.63, 3.8) is 0 Å². The van der Waals surface area contributed by atoms with E-state index >= 15 is 0 Å². The van der Waals surface area contributed by atoms with Crippen LogP contribution < -0.4 is 0 Å². The van der Waals surface area contributed by atoms with Crippen LogP contribution in [0.2, 0.25) is 0 Å². The molecule has 0 aliphatic carbocycles. The molecule has 0 spiro atoms. The van der Waals surface area contributed by atoms with Gasteiger partial charge in [0, 0.05) is 18.2 Å². The topological polar surface area (TPSA) is 67.6 Å². The minimum absolute atomic E-state index is 0.0337. The summed E-state index contributed by atoms with van der Waals surface area (Å²) in [5.41, 5.74) is -0.606. The summed E-state index contributed by atoms with van der Waals surface area (Å²) < 4.78 is 67.4. The average molecular weight is 401 g/mol. The van der Waals surface area contributed by atoms with E-state index in [1.807, 2.05) is 0 Å². The second kappa shape index (κ2) is 7.03. The van der Waals surface area contributed by atoms with Gasteiger partial charge in [-0.1, -0.05) is 12.1 Å². The maximum atomic E-state index is 12.9. The lowest BCUT2D eigenvalue weighted by atomic mass is 10.1. The zero-order valence-electron chi connectivity index (χ0n) is 14.5.